The molecular weight excluding hydrogens is 445 g/mol. The molecule has 162 valence electrons. The van der Waals surface area contributed by atoms with Crippen molar-refractivity contribution in [1.29, 1.82) is 0 Å². The molecule has 0 fully saturated rings. The molecule has 2 aromatic heterocycles. The van der Waals surface area contributed by atoms with E-state index >= 15 is 0 Å². The highest BCUT2D eigenvalue weighted by Gasteiger charge is 2.14. The number of aryl methyl sites for hydroxylation is 2. The second-order valence-electron chi connectivity index (χ2n) is 7.07. The Bertz CT molecular complexity index is 1250. The summed E-state index contributed by atoms with van der Waals surface area (Å²) in [5.41, 5.74) is 4.22. The summed E-state index contributed by atoms with van der Waals surface area (Å²) in [7, 11) is 1.65. The van der Waals surface area contributed by atoms with Crippen LogP contribution in [-0.4, -0.2) is 23.0 Å². The van der Waals surface area contributed by atoms with Crippen molar-refractivity contribution in [3.05, 3.63) is 82.7 Å². The van der Waals surface area contributed by atoms with Gasteiger partial charge in [0.25, 0.3) is 5.91 Å². The molecule has 5 nitrogen and oxygen atoms in total. The van der Waals surface area contributed by atoms with Crippen LogP contribution in [0.5, 0.6) is 5.75 Å². The number of rotatable bonds is 6. The van der Waals surface area contributed by atoms with Crippen molar-refractivity contribution in [2.45, 2.75) is 23.6 Å². The van der Waals surface area contributed by atoms with Crippen LogP contribution >= 0.6 is 23.1 Å². The molecule has 0 aliphatic heterocycles. The standard InChI is InChI=1S/C24H20FN3O2S2/c1-14-10-19(32-18-6-4-17(30-3)5-7-18)11-15(2)22(14)20-13-31-24(27-20)28-23(29)16-8-9-26-21(25)12-16/h4-13H,1-3H3,(H,27,28,29). The molecular formula is C24H20FN3O2S2. The number of hydrogen-bond donors (Lipinski definition) is 1. The summed E-state index contributed by atoms with van der Waals surface area (Å²) in [4.78, 5) is 22.7. The highest BCUT2D eigenvalue weighted by atomic mass is 32.2. The molecule has 2 aromatic carbocycles. The lowest BCUT2D eigenvalue weighted by Gasteiger charge is -2.11. The molecule has 32 heavy (non-hydrogen) atoms. The van der Waals surface area contributed by atoms with E-state index in [0.717, 1.165) is 44.0 Å². The Labute approximate surface area is 193 Å². The van der Waals surface area contributed by atoms with E-state index in [9.17, 15) is 9.18 Å². The lowest BCUT2D eigenvalue weighted by molar-refractivity contribution is 0.102. The van der Waals surface area contributed by atoms with Crippen LogP contribution in [0.4, 0.5) is 9.52 Å². The van der Waals surface area contributed by atoms with E-state index in [1.807, 2.05) is 29.6 Å². The molecule has 0 saturated heterocycles. The summed E-state index contributed by atoms with van der Waals surface area (Å²) in [6.45, 7) is 4.11. The first-order chi connectivity index (χ1) is 15.4. The van der Waals surface area contributed by atoms with Gasteiger partial charge in [-0.25, -0.2) is 9.97 Å². The smallest absolute Gasteiger partial charge is 0.257 e. The Hall–Kier alpha value is -3.23. The van der Waals surface area contributed by atoms with Gasteiger partial charge in [-0.15, -0.1) is 11.3 Å². The lowest BCUT2D eigenvalue weighted by Crippen LogP contribution is -2.12. The zero-order valence-electron chi connectivity index (χ0n) is 17.7. The number of halogens is 1. The first-order valence-corrected chi connectivity index (χ1v) is 11.4. The van der Waals surface area contributed by atoms with Crippen molar-refractivity contribution in [3.8, 4) is 17.0 Å². The van der Waals surface area contributed by atoms with Crippen LogP contribution < -0.4 is 10.1 Å². The van der Waals surface area contributed by atoms with Crippen molar-refractivity contribution in [1.82, 2.24) is 9.97 Å². The number of pyridine rings is 1. The van der Waals surface area contributed by atoms with Crippen LogP contribution in [0, 0.1) is 19.8 Å². The van der Waals surface area contributed by atoms with Gasteiger partial charge in [0, 0.05) is 38.6 Å². The second-order valence-corrected chi connectivity index (χ2v) is 9.07. The summed E-state index contributed by atoms with van der Waals surface area (Å²) in [5, 5.41) is 5.09. The van der Waals surface area contributed by atoms with Gasteiger partial charge < -0.3 is 4.74 Å². The van der Waals surface area contributed by atoms with Crippen LogP contribution in [0.3, 0.4) is 0 Å². The Kier molecular flexibility index (Phi) is 6.53. The number of ether oxygens (including phenoxy) is 1. The zero-order valence-corrected chi connectivity index (χ0v) is 19.3. The van der Waals surface area contributed by atoms with Crippen LogP contribution in [0.1, 0.15) is 21.5 Å². The van der Waals surface area contributed by atoms with Crippen molar-refractivity contribution >= 4 is 34.1 Å². The number of benzene rings is 2. The van der Waals surface area contributed by atoms with Crippen molar-refractivity contribution in [2.75, 3.05) is 12.4 Å². The van der Waals surface area contributed by atoms with E-state index in [2.05, 4.69) is 41.3 Å². The first-order valence-electron chi connectivity index (χ1n) is 9.75. The molecule has 0 bridgehead atoms. The monoisotopic (exact) mass is 465 g/mol. The van der Waals surface area contributed by atoms with Crippen molar-refractivity contribution in [3.63, 3.8) is 0 Å². The Morgan fingerprint density at radius 3 is 2.44 bits per heavy atom. The fourth-order valence-electron chi connectivity index (χ4n) is 3.33. The number of carbonyl (C=O) groups excluding carboxylic acids is 1. The van der Waals surface area contributed by atoms with E-state index in [1.54, 1.807) is 18.9 Å². The minimum Gasteiger partial charge on any atom is -0.497 e. The lowest BCUT2D eigenvalue weighted by atomic mass is 10.0. The van der Waals surface area contributed by atoms with E-state index < -0.39 is 11.9 Å². The molecule has 1 N–H and O–H groups in total. The highest BCUT2D eigenvalue weighted by Crippen LogP contribution is 2.36. The molecule has 2 heterocycles. The van der Waals surface area contributed by atoms with E-state index in [0.29, 0.717) is 5.13 Å². The number of nitrogens with one attached hydrogen (secondary N) is 1. The average Bonchev–Trinajstić information content (AvgIpc) is 3.21. The molecule has 0 unspecified atom stereocenters. The zero-order chi connectivity index (χ0) is 22.7. The predicted octanol–water partition coefficient (Wildman–Crippen LogP) is 6.37. The maximum Gasteiger partial charge on any atom is 0.257 e. The minimum atomic E-state index is -0.698. The number of thiazole rings is 1. The number of carbonyl (C=O) groups is 1. The maximum atomic E-state index is 13.3. The predicted molar refractivity (Wildman–Crippen MR) is 126 cm³/mol. The maximum absolute atomic E-state index is 13.3. The van der Waals surface area contributed by atoms with E-state index in [-0.39, 0.29) is 5.56 Å². The van der Waals surface area contributed by atoms with E-state index in [1.165, 1.54) is 23.6 Å². The summed E-state index contributed by atoms with van der Waals surface area (Å²) in [5.74, 6) is -0.291. The number of aromatic nitrogens is 2. The molecule has 0 saturated carbocycles. The Morgan fingerprint density at radius 1 is 1.06 bits per heavy atom. The molecule has 8 heteroatoms. The number of methoxy groups -OCH3 is 1. The third-order valence-electron chi connectivity index (χ3n) is 4.77. The number of nitrogens with zero attached hydrogens (tertiary/aromatic N) is 2. The fourth-order valence-corrected chi connectivity index (χ4v) is 5.04. The van der Waals surface area contributed by atoms with Crippen LogP contribution in [0.15, 0.2) is 69.9 Å². The van der Waals surface area contributed by atoms with Gasteiger partial charge in [-0.1, -0.05) is 11.8 Å². The van der Waals surface area contributed by atoms with Gasteiger partial charge in [-0.05, 0) is 67.4 Å². The van der Waals surface area contributed by atoms with Gasteiger partial charge in [0.15, 0.2) is 5.13 Å². The highest BCUT2D eigenvalue weighted by molar-refractivity contribution is 7.99. The average molecular weight is 466 g/mol. The normalized spacial score (nSPS) is 10.8. The molecule has 0 aliphatic carbocycles. The largest absolute Gasteiger partial charge is 0.497 e. The van der Waals surface area contributed by atoms with E-state index in [4.69, 9.17) is 4.74 Å². The number of amides is 1. The van der Waals surface area contributed by atoms with Gasteiger partial charge in [0.05, 0.1) is 12.8 Å². The molecule has 1 amide bonds. The quantitative estimate of drug-likeness (QED) is 0.335. The van der Waals surface area contributed by atoms with Gasteiger partial charge in [-0.2, -0.15) is 4.39 Å². The molecule has 0 spiro atoms. The topological polar surface area (TPSA) is 64.1 Å². The van der Waals surface area contributed by atoms with Gasteiger partial charge >= 0.3 is 0 Å². The van der Waals surface area contributed by atoms with Crippen LogP contribution in [-0.2, 0) is 0 Å². The minimum absolute atomic E-state index is 0.196. The van der Waals surface area contributed by atoms with Crippen LogP contribution in [0.2, 0.25) is 0 Å². The first kappa shape index (κ1) is 22.0. The van der Waals surface area contributed by atoms with Gasteiger partial charge in [0.2, 0.25) is 5.95 Å². The van der Waals surface area contributed by atoms with Crippen molar-refractivity contribution < 1.29 is 13.9 Å². The molecule has 0 aliphatic rings. The third kappa shape index (κ3) is 4.98. The van der Waals surface area contributed by atoms with Gasteiger partial charge in [-0.3, -0.25) is 10.1 Å². The summed E-state index contributed by atoms with van der Waals surface area (Å²) < 4.78 is 18.5. The van der Waals surface area contributed by atoms with Crippen molar-refractivity contribution in [2.24, 2.45) is 0 Å². The number of hydrogen-bond acceptors (Lipinski definition) is 6. The third-order valence-corrected chi connectivity index (χ3v) is 6.51. The molecule has 0 radical (unpaired) electrons. The van der Waals surface area contributed by atoms with Gasteiger partial charge in [0.1, 0.15) is 5.75 Å². The van der Waals surface area contributed by atoms with Crippen LogP contribution in [0.25, 0.3) is 11.3 Å². The Morgan fingerprint density at radius 2 is 1.78 bits per heavy atom. The summed E-state index contributed by atoms with van der Waals surface area (Å²) in [6, 6.07) is 14.8. The Balaban J connectivity index is 1.52. The molecule has 4 aromatic rings. The number of anilines is 1. The summed E-state index contributed by atoms with van der Waals surface area (Å²) >= 11 is 3.02. The fraction of sp³-hybridized carbons (Fsp3) is 0.125. The SMILES string of the molecule is COc1ccc(Sc2cc(C)c(-c3csc(NC(=O)c4ccnc(F)c4)n3)c(C)c2)cc1. The molecule has 0 atom stereocenters. The second kappa shape index (κ2) is 9.50. The summed E-state index contributed by atoms with van der Waals surface area (Å²) in [6.07, 6.45) is 1.26. The molecule has 4 rings (SSSR count).